The maximum atomic E-state index is 13.7. The van der Waals surface area contributed by atoms with Crippen LogP contribution in [0.3, 0.4) is 0 Å². The number of anilines is 1. The Labute approximate surface area is 189 Å². The SMILES string of the molecule is CCC(C)N(Cc1c(-c2ccccc2)noc1N1CCOCC1)C(=O)c1ccccc1C. The van der Waals surface area contributed by atoms with Crippen LogP contribution in [0.5, 0.6) is 0 Å². The molecule has 0 spiro atoms. The number of hydrogen-bond acceptors (Lipinski definition) is 5. The van der Waals surface area contributed by atoms with Crippen molar-refractivity contribution in [2.75, 3.05) is 31.2 Å². The first-order valence-electron chi connectivity index (χ1n) is 11.3. The third kappa shape index (κ3) is 4.55. The second kappa shape index (κ2) is 10.0. The Morgan fingerprint density at radius 1 is 1.09 bits per heavy atom. The van der Waals surface area contributed by atoms with E-state index in [4.69, 9.17) is 9.26 Å². The van der Waals surface area contributed by atoms with Gasteiger partial charge in [-0.3, -0.25) is 4.79 Å². The van der Waals surface area contributed by atoms with Crippen LogP contribution in [-0.2, 0) is 11.3 Å². The molecular weight excluding hydrogens is 402 g/mol. The highest BCUT2D eigenvalue weighted by atomic mass is 16.5. The molecule has 3 aromatic rings. The lowest BCUT2D eigenvalue weighted by Crippen LogP contribution is -2.40. The van der Waals surface area contributed by atoms with Crippen LogP contribution in [-0.4, -0.2) is 48.3 Å². The third-order valence-corrected chi connectivity index (χ3v) is 6.20. The number of aryl methyl sites for hydroxylation is 1. The summed E-state index contributed by atoms with van der Waals surface area (Å²) in [4.78, 5) is 17.8. The van der Waals surface area contributed by atoms with Gasteiger partial charge in [-0.05, 0) is 31.9 Å². The van der Waals surface area contributed by atoms with Crippen molar-refractivity contribution in [3.05, 3.63) is 71.3 Å². The van der Waals surface area contributed by atoms with Gasteiger partial charge in [0, 0.05) is 30.3 Å². The smallest absolute Gasteiger partial charge is 0.254 e. The van der Waals surface area contributed by atoms with E-state index in [2.05, 4.69) is 23.9 Å². The van der Waals surface area contributed by atoms with E-state index in [0.717, 1.165) is 53.3 Å². The number of morpholine rings is 1. The Morgan fingerprint density at radius 3 is 2.47 bits per heavy atom. The number of ether oxygens (including phenoxy) is 1. The molecule has 1 unspecified atom stereocenters. The van der Waals surface area contributed by atoms with Gasteiger partial charge in [-0.25, -0.2) is 0 Å². The summed E-state index contributed by atoms with van der Waals surface area (Å²) in [5.74, 6) is 0.767. The number of nitrogens with zero attached hydrogens (tertiary/aromatic N) is 3. The molecule has 32 heavy (non-hydrogen) atoms. The van der Waals surface area contributed by atoms with Crippen LogP contribution in [0, 0.1) is 6.92 Å². The van der Waals surface area contributed by atoms with E-state index in [1.165, 1.54) is 0 Å². The maximum absolute atomic E-state index is 13.7. The van der Waals surface area contributed by atoms with E-state index in [9.17, 15) is 4.79 Å². The van der Waals surface area contributed by atoms with Gasteiger partial charge in [0.1, 0.15) is 5.69 Å². The van der Waals surface area contributed by atoms with Gasteiger partial charge in [0.25, 0.3) is 5.91 Å². The van der Waals surface area contributed by atoms with Gasteiger partial charge in [0.2, 0.25) is 5.88 Å². The summed E-state index contributed by atoms with van der Waals surface area (Å²) < 4.78 is 11.4. The van der Waals surface area contributed by atoms with Gasteiger partial charge in [-0.15, -0.1) is 0 Å². The van der Waals surface area contributed by atoms with Crippen LogP contribution in [0.25, 0.3) is 11.3 Å². The summed E-state index contributed by atoms with van der Waals surface area (Å²) in [6, 6.07) is 17.9. The molecule has 1 aliphatic heterocycles. The second-order valence-electron chi connectivity index (χ2n) is 8.29. The predicted molar refractivity (Wildman–Crippen MR) is 126 cm³/mol. The van der Waals surface area contributed by atoms with E-state index in [0.29, 0.717) is 19.8 Å². The molecule has 2 aromatic carbocycles. The van der Waals surface area contributed by atoms with Crippen molar-refractivity contribution < 1.29 is 14.1 Å². The Hall–Kier alpha value is -3.12. The van der Waals surface area contributed by atoms with Crippen molar-refractivity contribution in [3.8, 4) is 11.3 Å². The van der Waals surface area contributed by atoms with E-state index in [-0.39, 0.29) is 11.9 Å². The molecular formula is C26H31N3O3. The number of carbonyl (C=O) groups excluding carboxylic acids is 1. The number of rotatable bonds is 7. The summed E-state index contributed by atoms with van der Waals surface area (Å²) in [6.07, 6.45) is 0.858. The number of hydrogen-bond donors (Lipinski definition) is 0. The number of amides is 1. The van der Waals surface area contributed by atoms with Gasteiger partial charge in [0.15, 0.2) is 0 Å². The van der Waals surface area contributed by atoms with Crippen LogP contribution < -0.4 is 4.90 Å². The van der Waals surface area contributed by atoms with Crippen LogP contribution in [0.2, 0.25) is 0 Å². The first kappa shape index (κ1) is 22.1. The lowest BCUT2D eigenvalue weighted by molar-refractivity contribution is 0.0670. The Bertz CT molecular complexity index is 1040. The maximum Gasteiger partial charge on any atom is 0.254 e. The zero-order chi connectivity index (χ0) is 22.5. The van der Waals surface area contributed by atoms with Crippen LogP contribution in [0.1, 0.15) is 41.8 Å². The molecule has 4 rings (SSSR count). The highest BCUT2D eigenvalue weighted by molar-refractivity contribution is 5.96. The number of aromatic nitrogens is 1. The first-order valence-corrected chi connectivity index (χ1v) is 11.3. The standard InChI is InChI=1S/C26H31N3O3/c1-4-20(3)29(25(30)22-13-9-8-10-19(22)2)18-23-24(21-11-6-5-7-12-21)27-32-26(23)28-14-16-31-17-15-28/h5-13,20H,4,14-18H2,1-3H3. The Kier molecular flexibility index (Phi) is 6.90. The van der Waals surface area contributed by atoms with Crippen molar-refractivity contribution in [2.24, 2.45) is 0 Å². The lowest BCUT2D eigenvalue weighted by Gasteiger charge is -2.31. The fraction of sp³-hybridized carbons (Fsp3) is 0.385. The van der Waals surface area contributed by atoms with Gasteiger partial charge in [-0.1, -0.05) is 60.6 Å². The highest BCUT2D eigenvalue weighted by Crippen LogP contribution is 2.34. The van der Waals surface area contributed by atoms with Crippen molar-refractivity contribution in [2.45, 2.75) is 39.8 Å². The molecule has 1 fully saturated rings. The fourth-order valence-electron chi connectivity index (χ4n) is 4.07. The van der Waals surface area contributed by atoms with Crippen molar-refractivity contribution in [3.63, 3.8) is 0 Å². The molecule has 6 nitrogen and oxygen atoms in total. The quantitative estimate of drug-likeness (QED) is 0.529. The molecule has 1 amide bonds. The molecule has 0 radical (unpaired) electrons. The fourth-order valence-corrected chi connectivity index (χ4v) is 4.07. The van der Waals surface area contributed by atoms with Gasteiger partial charge >= 0.3 is 0 Å². The number of benzene rings is 2. The molecule has 1 aromatic heterocycles. The molecule has 1 aliphatic rings. The van der Waals surface area contributed by atoms with Crippen molar-refractivity contribution in [1.29, 1.82) is 0 Å². The van der Waals surface area contributed by atoms with E-state index in [1.807, 2.05) is 66.4 Å². The molecule has 0 N–H and O–H groups in total. The average molecular weight is 434 g/mol. The first-order chi connectivity index (χ1) is 15.6. The summed E-state index contributed by atoms with van der Waals surface area (Å²) >= 11 is 0. The van der Waals surface area contributed by atoms with Crippen molar-refractivity contribution in [1.82, 2.24) is 10.1 Å². The summed E-state index contributed by atoms with van der Waals surface area (Å²) in [6.45, 7) is 9.41. The van der Waals surface area contributed by atoms with Gasteiger partial charge < -0.3 is 19.1 Å². The molecule has 168 valence electrons. The van der Waals surface area contributed by atoms with Gasteiger partial charge in [-0.2, -0.15) is 0 Å². The van der Waals surface area contributed by atoms with Crippen LogP contribution >= 0.6 is 0 Å². The molecule has 1 atom stereocenters. The minimum Gasteiger partial charge on any atom is -0.378 e. The summed E-state index contributed by atoms with van der Waals surface area (Å²) in [5.41, 5.74) is 4.43. The van der Waals surface area contributed by atoms with E-state index < -0.39 is 0 Å². The normalized spacial score (nSPS) is 14.9. The molecule has 2 heterocycles. The molecule has 0 saturated carbocycles. The van der Waals surface area contributed by atoms with Crippen LogP contribution in [0.4, 0.5) is 5.88 Å². The van der Waals surface area contributed by atoms with Gasteiger partial charge in [0.05, 0.1) is 25.3 Å². The van der Waals surface area contributed by atoms with E-state index >= 15 is 0 Å². The summed E-state index contributed by atoms with van der Waals surface area (Å²) in [5, 5.41) is 4.45. The predicted octanol–water partition coefficient (Wildman–Crippen LogP) is 4.93. The highest BCUT2D eigenvalue weighted by Gasteiger charge is 2.29. The Balaban J connectivity index is 1.76. The summed E-state index contributed by atoms with van der Waals surface area (Å²) in [7, 11) is 0. The monoisotopic (exact) mass is 433 g/mol. The molecule has 6 heteroatoms. The minimum atomic E-state index is 0.0330. The van der Waals surface area contributed by atoms with E-state index in [1.54, 1.807) is 0 Å². The minimum absolute atomic E-state index is 0.0330. The molecule has 1 saturated heterocycles. The third-order valence-electron chi connectivity index (χ3n) is 6.20. The van der Waals surface area contributed by atoms with Crippen LogP contribution in [0.15, 0.2) is 59.1 Å². The van der Waals surface area contributed by atoms with Crippen molar-refractivity contribution >= 4 is 11.8 Å². The Morgan fingerprint density at radius 2 is 1.78 bits per heavy atom. The zero-order valence-corrected chi connectivity index (χ0v) is 19.1. The zero-order valence-electron chi connectivity index (χ0n) is 19.1. The lowest BCUT2D eigenvalue weighted by atomic mass is 10.0. The molecule has 0 aliphatic carbocycles. The average Bonchev–Trinajstić information content (AvgIpc) is 3.26. The number of carbonyl (C=O) groups is 1. The largest absolute Gasteiger partial charge is 0.378 e. The topological polar surface area (TPSA) is 58.8 Å². The molecule has 0 bridgehead atoms. The second-order valence-corrected chi connectivity index (χ2v) is 8.29.